The molecule has 0 aliphatic rings. The summed E-state index contributed by atoms with van der Waals surface area (Å²) in [7, 11) is -4.41. The fourth-order valence-corrected chi connectivity index (χ4v) is 1.63. The van der Waals surface area contributed by atoms with Crippen LogP contribution in [0.2, 0.25) is 0 Å². The lowest BCUT2D eigenvalue weighted by molar-refractivity contribution is -0.150. The third-order valence-corrected chi connectivity index (χ3v) is 2.45. The summed E-state index contributed by atoms with van der Waals surface area (Å²) in [5.74, 6) is -1.54. The van der Waals surface area contributed by atoms with Crippen LogP contribution in [0.1, 0.15) is 20.3 Å². The van der Waals surface area contributed by atoms with Crippen molar-refractivity contribution in [1.29, 1.82) is 0 Å². The second kappa shape index (κ2) is 5.54. The molecule has 8 heteroatoms. The molecule has 1 atom stereocenters. The van der Waals surface area contributed by atoms with Gasteiger partial charge in [-0.05, 0) is 13.8 Å². The van der Waals surface area contributed by atoms with Gasteiger partial charge in [0.25, 0.3) is 0 Å². The Morgan fingerprint density at radius 1 is 1.44 bits per heavy atom. The van der Waals surface area contributed by atoms with Gasteiger partial charge in [0, 0.05) is 6.42 Å². The number of carbonyl (C=O) groups is 2. The van der Waals surface area contributed by atoms with Gasteiger partial charge in [0.05, 0.1) is 6.61 Å². The summed E-state index contributed by atoms with van der Waals surface area (Å²) in [5.41, 5.74) is 3.96. The second-order valence-electron chi connectivity index (χ2n) is 3.68. The smallest absolute Gasteiger partial charge is 0.332 e. The van der Waals surface area contributed by atoms with Gasteiger partial charge in [-0.2, -0.15) is 0 Å². The van der Waals surface area contributed by atoms with E-state index in [9.17, 15) is 14.2 Å². The van der Waals surface area contributed by atoms with Crippen molar-refractivity contribution in [2.24, 2.45) is 5.73 Å². The fourth-order valence-electron chi connectivity index (χ4n) is 1.06. The van der Waals surface area contributed by atoms with Gasteiger partial charge >= 0.3 is 13.6 Å². The minimum Gasteiger partial charge on any atom is -0.465 e. The Labute approximate surface area is 93.1 Å². The Kier molecular flexibility index (Phi) is 5.28. The molecule has 0 rings (SSSR count). The van der Waals surface area contributed by atoms with Crippen LogP contribution >= 0.6 is 7.60 Å². The van der Waals surface area contributed by atoms with Gasteiger partial charge < -0.3 is 20.3 Å². The first-order valence-corrected chi connectivity index (χ1v) is 6.40. The summed E-state index contributed by atoms with van der Waals surface area (Å²) < 4.78 is 15.2. The average Bonchev–Trinajstić information content (AvgIpc) is 1.99. The summed E-state index contributed by atoms with van der Waals surface area (Å²) in [6.45, 7) is 2.99. The lowest BCUT2D eigenvalue weighted by Crippen LogP contribution is -2.48. The number of ketones is 1. The molecule has 0 aromatic carbocycles. The summed E-state index contributed by atoms with van der Waals surface area (Å²) >= 11 is 0. The van der Waals surface area contributed by atoms with Crippen LogP contribution in [-0.4, -0.2) is 39.8 Å². The van der Waals surface area contributed by atoms with Crippen LogP contribution in [0, 0.1) is 0 Å². The molecular formula is C8H16NO6P. The molecule has 94 valence electrons. The number of hydrogen-bond acceptors (Lipinski definition) is 5. The average molecular weight is 253 g/mol. The number of Topliss-reactive ketones (excluding diaryl/α,β-unsaturated/α-hetero) is 1. The van der Waals surface area contributed by atoms with Crippen molar-refractivity contribution < 1.29 is 28.7 Å². The summed E-state index contributed by atoms with van der Waals surface area (Å²) in [4.78, 5) is 39.6. The van der Waals surface area contributed by atoms with Gasteiger partial charge in [-0.15, -0.1) is 0 Å². The zero-order valence-corrected chi connectivity index (χ0v) is 10.1. The van der Waals surface area contributed by atoms with Crippen molar-refractivity contribution in [1.82, 2.24) is 0 Å². The maximum Gasteiger partial charge on any atom is 0.332 e. The normalized spacial score (nSPS) is 15.3. The van der Waals surface area contributed by atoms with E-state index in [1.807, 2.05) is 0 Å². The number of rotatable bonds is 6. The summed E-state index contributed by atoms with van der Waals surface area (Å²) in [6, 6.07) is 0. The van der Waals surface area contributed by atoms with E-state index in [0.29, 0.717) is 0 Å². The molecule has 0 aliphatic carbocycles. The number of ether oxygens (including phenoxy) is 1. The molecule has 0 saturated carbocycles. The molecule has 0 heterocycles. The minimum atomic E-state index is -4.41. The molecule has 0 saturated heterocycles. The zero-order valence-electron chi connectivity index (χ0n) is 9.17. The highest BCUT2D eigenvalue weighted by Crippen LogP contribution is 2.34. The molecule has 0 aromatic heterocycles. The van der Waals surface area contributed by atoms with Crippen molar-refractivity contribution >= 4 is 19.3 Å². The maximum absolute atomic E-state index is 11.3. The van der Waals surface area contributed by atoms with E-state index < -0.39 is 37.5 Å². The molecule has 0 amide bonds. The van der Waals surface area contributed by atoms with Crippen LogP contribution in [-0.2, 0) is 18.9 Å². The van der Waals surface area contributed by atoms with Gasteiger partial charge in [0.15, 0.2) is 0 Å². The molecule has 4 N–H and O–H groups in total. The molecule has 0 unspecified atom stereocenters. The monoisotopic (exact) mass is 253 g/mol. The van der Waals surface area contributed by atoms with Gasteiger partial charge in [-0.3, -0.25) is 14.2 Å². The van der Waals surface area contributed by atoms with Crippen LogP contribution in [0.4, 0.5) is 0 Å². The predicted molar refractivity (Wildman–Crippen MR) is 55.8 cm³/mol. The van der Waals surface area contributed by atoms with E-state index in [0.717, 1.165) is 0 Å². The molecule has 0 spiro atoms. The van der Waals surface area contributed by atoms with Crippen molar-refractivity contribution in [2.45, 2.75) is 25.8 Å². The van der Waals surface area contributed by atoms with E-state index in [-0.39, 0.29) is 6.61 Å². The van der Waals surface area contributed by atoms with Gasteiger partial charge in [0.1, 0.15) is 17.5 Å². The van der Waals surface area contributed by atoms with E-state index in [4.69, 9.17) is 15.5 Å². The van der Waals surface area contributed by atoms with Crippen LogP contribution in [0.5, 0.6) is 0 Å². The Morgan fingerprint density at radius 2 is 1.94 bits per heavy atom. The third kappa shape index (κ3) is 5.97. The predicted octanol–water partition coefficient (Wildman–Crippen LogP) is -0.596. The summed E-state index contributed by atoms with van der Waals surface area (Å²) in [6.07, 6.45) is -1.38. The first-order valence-electron chi connectivity index (χ1n) is 4.61. The highest BCUT2D eigenvalue weighted by Gasteiger charge is 2.34. The highest BCUT2D eigenvalue weighted by atomic mass is 31.2. The number of nitrogens with two attached hydrogens (primary N) is 1. The van der Waals surface area contributed by atoms with Crippen LogP contribution < -0.4 is 5.73 Å². The third-order valence-electron chi connectivity index (χ3n) is 1.69. The standard InChI is InChI=1S/C8H16NO6P/c1-3-15-7(11)8(2,9)4-6(10)5-16(12,13)14/h3-5,9H2,1-2H3,(H2,12,13,14)/t8-/m1/s1. The quantitative estimate of drug-likeness (QED) is 0.426. The second-order valence-corrected chi connectivity index (χ2v) is 5.32. The first kappa shape index (κ1) is 15.2. The Balaban J connectivity index is 4.42. The largest absolute Gasteiger partial charge is 0.465 e. The van der Waals surface area contributed by atoms with Crippen molar-refractivity contribution in [2.75, 3.05) is 12.8 Å². The molecule has 0 aliphatic heterocycles. The van der Waals surface area contributed by atoms with E-state index in [2.05, 4.69) is 4.74 Å². The fraction of sp³-hybridized carbons (Fsp3) is 0.750. The topological polar surface area (TPSA) is 127 Å². The molecule has 7 nitrogen and oxygen atoms in total. The maximum atomic E-state index is 11.3. The lowest BCUT2D eigenvalue weighted by Gasteiger charge is -2.21. The van der Waals surface area contributed by atoms with Gasteiger partial charge in [-0.25, -0.2) is 0 Å². The molecule has 0 bridgehead atoms. The van der Waals surface area contributed by atoms with E-state index in [1.165, 1.54) is 6.92 Å². The zero-order chi connectivity index (χ0) is 13.0. The van der Waals surface area contributed by atoms with Gasteiger partial charge in [0.2, 0.25) is 0 Å². The number of hydrogen-bond donors (Lipinski definition) is 3. The number of esters is 1. The van der Waals surface area contributed by atoms with E-state index in [1.54, 1.807) is 6.92 Å². The summed E-state index contributed by atoms with van der Waals surface area (Å²) in [5, 5.41) is 0. The first-order chi connectivity index (χ1) is 7.08. The molecule has 16 heavy (non-hydrogen) atoms. The highest BCUT2D eigenvalue weighted by molar-refractivity contribution is 7.52. The Morgan fingerprint density at radius 3 is 2.31 bits per heavy atom. The van der Waals surface area contributed by atoms with Crippen LogP contribution in [0.25, 0.3) is 0 Å². The van der Waals surface area contributed by atoms with E-state index >= 15 is 0 Å². The Hall–Kier alpha value is -0.750. The van der Waals surface area contributed by atoms with Crippen molar-refractivity contribution in [3.8, 4) is 0 Å². The Bertz CT molecular complexity index is 320. The molecule has 0 fully saturated rings. The van der Waals surface area contributed by atoms with Crippen molar-refractivity contribution in [3.63, 3.8) is 0 Å². The van der Waals surface area contributed by atoms with Crippen LogP contribution in [0.3, 0.4) is 0 Å². The molecule has 0 radical (unpaired) electrons. The molecular weight excluding hydrogens is 237 g/mol. The van der Waals surface area contributed by atoms with Crippen LogP contribution in [0.15, 0.2) is 0 Å². The molecule has 0 aromatic rings. The minimum absolute atomic E-state index is 0.123. The lowest BCUT2D eigenvalue weighted by atomic mass is 9.97. The SMILES string of the molecule is CCOC(=O)[C@](C)(N)CC(=O)CP(=O)(O)O. The number of carbonyl (C=O) groups excluding carboxylic acids is 2. The van der Waals surface area contributed by atoms with Gasteiger partial charge in [-0.1, -0.05) is 0 Å². The van der Waals surface area contributed by atoms with Crippen molar-refractivity contribution in [3.05, 3.63) is 0 Å².